The van der Waals surface area contributed by atoms with E-state index in [9.17, 15) is 4.39 Å². The monoisotopic (exact) mass is 618 g/mol. The van der Waals surface area contributed by atoms with Gasteiger partial charge in [-0.1, -0.05) is 36.8 Å². The van der Waals surface area contributed by atoms with Crippen molar-refractivity contribution in [3.05, 3.63) is 96.7 Å². The number of likely N-dealkylation sites (tertiary alicyclic amines) is 1. The summed E-state index contributed by atoms with van der Waals surface area (Å²) in [7, 11) is 4.04. The van der Waals surface area contributed by atoms with E-state index in [1.807, 2.05) is 56.7 Å². The van der Waals surface area contributed by atoms with Crippen molar-refractivity contribution in [1.82, 2.24) is 35.3 Å². The van der Waals surface area contributed by atoms with Gasteiger partial charge in [0.1, 0.15) is 17.0 Å². The lowest BCUT2D eigenvalue weighted by Crippen LogP contribution is -2.31. The third-order valence-corrected chi connectivity index (χ3v) is 8.40. The predicted molar refractivity (Wildman–Crippen MR) is 189 cm³/mol. The molecule has 1 aliphatic rings. The molecule has 3 aromatic heterocycles. The standard InChI is InChI=1S/C37H43FN8/c1-5-39-23-27(18-25(2)24-46-15-7-6-8-16-46)32-12-13-34-36(42-32)37(44-43-34)35-22-31-30(10-9-11-33(31)41-35)26-19-28(38)21-29(20-26)40-14-17-45(3)4/h5,9-13,18-23,39-41H,1,6-8,14-17,24H2,2-4H3,(H,43,44)/b25-18+,27-23+. The maximum atomic E-state index is 14.8. The first-order chi connectivity index (χ1) is 22.4. The van der Waals surface area contributed by atoms with Crippen LogP contribution < -0.4 is 10.6 Å². The van der Waals surface area contributed by atoms with Crippen molar-refractivity contribution in [3.63, 3.8) is 0 Å². The summed E-state index contributed by atoms with van der Waals surface area (Å²) in [5, 5.41) is 15.3. The zero-order chi connectivity index (χ0) is 32.0. The van der Waals surface area contributed by atoms with Crippen LogP contribution in [0.2, 0.25) is 0 Å². The lowest BCUT2D eigenvalue weighted by Gasteiger charge is -2.26. The van der Waals surface area contributed by atoms with E-state index < -0.39 is 0 Å². The molecule has 0 radical (unpaired) electrons. The summed E-state index contributed by atoms with van der Waals surface area (Å²) in [5.41, 5.74) is 9.75. The zero-order valence-corrected chi connectivity index (χ0v) is 27.0. The largest absolute Gasteiger partial charge is 0.384 e. The Morgan fingerprint density at radius 2 is 1.91 bits per heavy atom. The van der Waals surface area contributed by atoms with Crippen LogP contribution in [0.3, 0.4) is 0 Å². The number of aromatic nitrogens is 4. The van der Waals surface area contributed by atoms with Gasteiger partial charge in [0.15, 0.2) is 0 Å². The van der Waals surface area contributed by atoms with E-state index in [0.717, 1.165) is 94.1 Å². The molecule has 0 bridgehead atoms. The molecule has 1 fully saturated rings. The van der Waals surface area contributed by atoms with Gasteiger partial charge in [-0.2, -0.15) is 5.10 Å². The molecule has 0 amide bonds. The molecule has 2 aromatic carbocycles. The van der Waals surface area contributed by atoms with E-state index in [4.69, 9.17) is 4.98 Å². The first-order valence-electron chi connectivity index (χ1n) is 16.0. The SMILES string of the molecule is C=CN/C=C(\C=C(/C)CN1CCCCC1)c1ccc2[nH]nc(-c3cc4c(-c5cc(F)cc(NCCN(C)C)c5)cccc4[nH]3)c2n1. The lowest BCUT2D eigenvalue weighted by atomic mass is 10.0. The Morgan fingerprint density at radius 1 is 1.07 bits per heavy atom. The number of hydrogen-bond donors (Lipinski definition) is 4. The van der Waals surface area contributed by atoms with Crippen LogP contribution in [0.5, 0.6) is 0 Å². The predicted octanol–water partition coefficient (Wildman–Crippen LogP) is 7.39. The molecule has 4 N–H and O–H groups in total. The van der Waals surface area contributed by atoms with Crippen molar-refractivity contribution < 1.29 is 4.39 Å². The molecule has 0 spiro atoms. The van der Waals surface area contributed by atoms with Crippen LogP contribution in [-0.2, 0) is 0 Å². The van der Waals surface area contributed by atoms with Gasteiger partial charge < -0.3 is 20.5 Å². The number of anilines is 1. The summed E-state index contributed by atoms with van der Waals surface area (Å²) in [5.74, 6) is -0.275. The van der Waals surface area contributed by atoms with Gasteiger partial charge in [0, 0.05) is 48.0 Å². The summed E-state index contributed by atoms with van der Waals surface area (Å²) >= 11 is 0. The topological polar surface area (TPSA) is 87.9 Å². The van der Waals surface area contributed by atoms with Gasteiger partial charge in [0.25, 0.3) is 0 Å². The molecule has 5 aromatic rings. The number of hydrogen-bond acceptors (Lipinski definition) is 6. The fourth-order valence-corrected chi connectivity index (χ4v) is 6.17. The summed E-state index contributed by atoms with van der Waals surface area (Å²) < 4.78 is 14.8. The summed E-state index contributed by atoms with van der Waals surface area (Å²) in [4.78, 5) is 13.3. The molecule has 4 heterocycles. The smallest absolute Gasteiger partial charge is 0.135 e. The van der Waals surface area contributed by atoms with E-state index in [1.54, 1.807) is 18.3 Å². The Kier molecular flexibility index (Phi) is 9.61. The fraction of sp³-hybridized carbons (Fsp3) is 0.297. The Bertz CT molecular complexity index is 1890. The van der Waals surface area contributed by atoms with Gasteiger partial charge in [0.2, 0.25) is 0 Å². The van der Waals surface area contributed by atoms with Crippen LogP contribution >= 0.6 is 0 Å². The number of pyridine rings is 1. The van der Waals surface area contributed by atoms with Gasteiger partial charge >= 0.3 is 0 Å². The number of rotatable bonds is 12. The molecule has 1 aliphatic heterocycles. The van der Waals surface area contributed by atoms with Crippen LogP contribution in [0.25, 0.3) is 50.0 Å². The molecular weight excluding hydrogens is 575 g/mol. The normalized spacial score (nSPS) is 14.8. The summed E-state index contributed by atoms with van der Waals surface area (Å²) in [6.45, 7) is 10.8. The molecule has 46 heavy (non-hydrogen) atoms. The molecular formula is C37H43FN8. The zero-order valence-electron chi connectivity index (χ0n) is 27.0. The van der Waals surface area contributed by atoms with Crippen LogP contribution in [0.15, 0.2) is 85.2 Å². The highest BCUT2D eigenvalue weighted by Gasteiger charge is 2.17. The minimum absolute atomic E-state index is 0.275. The molecule has 1 saturated heterocycles. The van der Waals surface area contributed by atoms with Crippen molar-refractivity contribution in [2.24, 2.45) is 0 Å². The van der Waals surface area contributed by atoms with Gasteiger partial charge in [-0.05, 0) is 107 Å². The Labute approximate surface area is 270 Å². The third kappa shape index (κ3) is 7.22. The minimum Gasteiger partial charge on any atom is -0.384 e. The minimum atomic E-state index is -0.275. The van der Waals surface area contributed by atoms with Crippen molar-refractivity contribution in [2.45, 2.75) is 26.2 Å². The number of nitrogens with zero attached hydrogens (tertiary/aromatic N) is 4. The van der Waals surface area contributed by atoms with Crippen molar-refractivity contribution in [3.8, 4) is 22.5 Å². The average molecular weight is 619 g/mol. The number of aromatic amines is 2. The summed E-state index contributed by atoms with van der Waals surface area (Å²) in [6.07, 6.45) is 9.67. The maximum absolute atomic E-state index is 14.8. The number of allylic oxidation sites excluding steroid dienone is 2. The number of likely N-dealkylation sites (N-methyl/N-ethyl adjacent to an activating group) is 1. The van der Waals surface area contributed by atoms with Crippen molar-refractivity contribution >= 4 is 33.2 Å². The van der Waals surface area contributed by atoms with E-state index in [1.165, 1.54) is 24.8 Å². The van der Waals surface area contributed by atoms with Crippen molar-refractivity contribution in [2.75, 3.05) is 52.1 Å². The van der Waals surface area contributed by atoms with Crippen LogP contribution in [0.4, 0.5) is 10.1 Å². The molecule has 0 atom stereocenters. The van der Waals surface area contributed by atoms with Crippen LogP contribution in [0, 0.1) is 5.82 Å². The second-order valence-electron chi connectivity index (χ2n) is 12.4. The Balaban J connectivity index is 1.34. The molecule has 9 heteroatoms. The average Bonchev–Trinajstić information content (AvgIpc) is 3.67. The second-order valence-corrected chi connectivity index (χ2v) is 12.4. The summed E-state index contributed by atoms with van der Waals surface area (Å²) in [6, 6.07) is 17.3. The van der Waals surface area contributed by atoms with E-state index in [-0.39, 0.29) is 5.82 Å². The fourth-order valence-electron chi connectivity index (χ4n) is 6.17. The first kappa shape index (κ1) is 31.3. The highest BCUT2D eigenvalue weighted by molar-refractivity contribution is 6.00. The number of nitrogens with one attached hydrogen (secondary N) is 4. The van der Waals surface area contributed by atoms with E-state index >= 15 is 0 Å². The quantitative estimate of drug-likeness (QED) is 0.109. The molecule has 0 aliphatic carbocycles. The van der Waals surface area contributed by atoms with E-state index in [0.29, 0.717) is 0 Å². The van der Waals surface area contributed by atoms with E-state index in [2.05, 4.69) is 61.3 Å². The number of H-pyrrole nitrogens is 2. The lowest BCUT2D eigenvalue weighted by molar-refractivity contribution is 0.246. The number of fused-ring (bicyclic) bond motifs is 2. The first-order valence-corrected chi connectivity index (χ1v) is 16.0. The van der Waals surface area contributed by atoms with Crippen molar-refractivity contribution in [1.29, 1.82) is 0 Å². The number of halogens is 1. The molecule has 6 rings (SSSR count). The Morgan fingerprint density at radius 3 is 2.72 bits per heavy atom. The van der Waals surface area contributed by atoms with Gasteiger partial charge in [-0.15, -0.1) is 0 Å². The maximum Gasteiger partial charge on any atom is 0.135 e. The molecule has 238 valence electrons. The molecule has 0 unspecified atom stereocenters. The third-order valence-electron chi connectivity index (χ3n) is 8.40. The number of benzene rings is 2. The molecule has 0 saturated carbocycles. The van der Waals surface area contributed by atoms with Gasteiger partial charge in [0.05, 0.1) is 16.9 Å². The Hall–Kier alpha value is -4.73. The number of piperidine rings is 1. The van der Waals surface area contributed by atoms with Crippen LogP contribution in [-0.4, -0.2) is 76.8 Å². The molecule has 8 nitrogen and oxygen atoms in total. The highest BCUT2D eigenvalue weighted by Crippen LogP contribution is 2.35. The van der Waals surface area contributed by atoms with Crippen LogP contribution in [0.1, 0.15) is 31.9 Å². The van der Waals surface area contributed by atoms with Gasteiger partial charge in [-0.25, -0.2) is 9.37 Å². The second kappa shape index (κ2) is 14.1. The highest BCUT2D eigenvalue weighted by atomic mass is 19.1. The van der Waals surface area contributed by atoms with Gasteiger partial charge in [-0.3, -0.25) is 10.00 Å².